The number of aryl methyl sites for hydroxylation is 2. The Kier molecular flexibility index (Phi) is 5.35. The summed E-state index contributed by atoms with van der Waals surface area (Å²) in [6.07, 6.45) is 2.40. The van der Waals surface area contributed by atoms with Gasteiger partial charge in [0.05, 0.1) is 8.07 Å². The number of hydrogen-bond donors (Lipinski definition) is 0. The molecule has 136 valence electrons. The van der Waals surface area contributed by atoms with Crippen LogP contribution in [0, 0.1) is 6.92 Å². The summed E-state index contributed by atoms with van der Waals surface area (Å²) in [6, 6.07) is 9.40. The second-order valence-electron chi connectivity index (χ2n) is 9.82. The van der Waals surface area contributed by atoms with E-state index in [0.717, 1.165) is 0 Å². The van der Waals surface area contributed by atoms with E-state index in [9.17, 15) is 0 Å². The molecule has 2 aromatic rings. The molecule has 0 aliphatic rings. The zero-order chi connectivity index (χ0) is 19.2. The van der Waals surface area contributed by atoms with Crippen LogP contribution in [-0.4, -0.2) is 8.07 Å². The molecule has 25 heavy (non-hydrogen) atoms. The predicted molar refractivity (Wildman–Crippen MR) is 114 cm³/mol. The Labute approximate surface area is 156 Å². The molecule has 1 aromatic heterocycles. The van der Waals surface area contributed by atoms with Crippen LogP contribution >= 0.6 is 0 Å². The van der Waals surface area contributed by atoms with Crippen molar-refractivity contribution in [2.75, 3.05) is 0 Å². The molecule has 0 fully saturated rings. The zero-order valence-electron chi connectivity index (χ0n) is 17.9. The molecule has 0 atom stereocenters. The van der Waals surface area contributed by atoms with Crippen molar-refractivity contribution in [1.82, 2.24) is 0 Å². The van der Waals surface area contributed by atoms with E-state index >= 15 is 0 Å². The summed E-state index contributed by atoms with van der Waals surface area (Å²) in [4.78, 5) is 0. The van der Waals surface area contributed by atoms with Gasteiger partial charge in [-0.15, -0.1) is 0 Å². The lowest BCUT2D eigenvalue weighted by molar-refractivity contribution is -0.659. The first-order chi connectivity index (χ1) is 11.3. The molecule has 1 heterocycles. The van der Waals surface area contributed by atoms with E-state index in [-0.39, 0.29) is 5.41 Å². The fourth-order valence-electron chi connectivity index (χ4n) is 3.45. The molecule has 2 heteroatoms. The molecule has 0 unspecified atom stereocenters. The molecule has 0 saturated heterocycles. The molecule has 1 nitrogen and oxygen atoms in total. The number of pyridine rings is 1. The first-order valence-corrected chi connectivity index (χ1v) is 13.0. The number of aromatic nitrogens is 1. The van der Waals surface area contributed by atoms with E-state index in [2.05, 4.69) is 103 Å². The van der Waals surface area contributed by atoms with Crippen LogP contribution in [0.2, 0.25) is 19.6 Å². The summed E-state index contributed by atoms with van der Waals surface area (Å²) >= 11 is 0. The van der Waals surface area contributed by atoms with Crippen LogP contribution in [0.3, 0.4) is 0 Å². The van der Waals surface area contributed by atoms with E-state index in [1.165, 1.54) is 27.9 Å². The Morgan fingerprint density at radius 3 is 2.04 bits per heavy atom. The normalized spacial score (nSPS) is 12.8. The smallest absolute Gasteiger partial charge is 0.201 e. The number of hydrogen-bond acceptors (Lipinski definition) is 0. The van der Waals surface area contributed by atoms with Gasteiger partial charge in [0, 0.05) is 16.8 Å². The second kappa shape index (κ2) is 6.72. The number of nitrogens with zero attached hydrogens (tertiary/aromatic N) is 1. The van der Waals surface area contributed by atoms with Crippen LogP contribution in [0.4, 0.5) is 0 Å². The fourth-order valence-corrected chi connectivity index (χ4v) is 5.26. The van der Waals surface area contributed by atoms with Crippen LogP contribution in [0.15, 0.2) is 30.5 Å². The van der Waals surface area contributed by atoms with Crippen molar-refractivity contribution in [3.05, 3.63) is 47.2 Å². The van der Waals surface area contributed by atoms with Crippen molar-refractivity contribution >= 4 is 13.3 Å². The van der Waals surface area contributed by atoms with Crippen LogP contribution in [0.25, 0.3) is 11.3 Å². The van der Waals surface area contributed by atoms with Crippen molar-refractivity contribution < 1.29 is 4.57 Å². The van der Waals surface area contributed by atoms with Crippen LogP contribution in [0.5, 0.6) is 0 Å². The van der Waals surface area contributed by atoms with Gasteiger partial charge >= 0.3 is 0 Å². The summed E-state index contributed by atoms with van der Waals surface area (Å²) in [5, 5.41) is 1.58. The molecule has 0 amide bonds. The number of rotatable bonds is 3. The first kappa shape index (κ1) is 19.9. The third-order valence-electron chi connectivity index (χ3n) is 5.10. The summed E-state index contributed by atoms with van der Waals surface area (Å²) < 4.78 is 2.33. The molecule has 0 bridgehead atoms. The highest BCUT2D eigenvalue weighted by atomic mass is 28.3. The summed E-state index contributed by atoms with van der Waals surface area (Å²) in [5.41, 5.74) is 7.14. The van der Waals surface area contributed by atoms with Gasteiger partial charge in [0.25, 0.3) is 0 Å². The molecular weight excluding hydrogens is 318 g/mol. The van der Waals surface area contributed by atoms with E-state index < -0.39 is 8.07 Å². The standard InChI is InChI=1S/C23H36NSi/c1-16(2)20-14-21(24(7)15-22(20)25(8,9)10)19-12-11-18(13-17(19)3)23(4,5)6/h11-16H,1-10H3/q+1. The molecule has 0 radical (unpaired) electrons. The van der Waals surface area contributed by atoms with Gasteiger partial charge in [0.2, 0.25) is 5.69 Å². The molecular formula is C23H36NSi+. The third-order valence-corrected chi connectivity index (χ3v) is 7.14. The van der Waals surface area contributed by atoms with Crippen molar-refractivity contribution in [3.8, 4) is 11.3 Å². The van der Waals surface area contributed by atoms with Crippen molar-refractivity contribution in [2.24, 2.45) is 7.05 Å². The quantitative estimate of drug-likeness (QED) is 0.509. The predicted octanol–water partition coefficient (Wildman–Crippen LogP) is 5.45. The SMILES string of the molecule is Cc1cc(C(C)(C)C)ccc1-c1cc(C(C)C)c([Si](C)(C)C)c[n+]1C. The lowest BCUT2D eigenvalue weighted by Crippen LogP contribution is -2.47. The van der Waals surface area contributed by atoms with E-state index in [1.807, 2.05) is 0 Å². The van der Waals surface area contributed by atoms with E-state index in [1.54, 1.807) is 5.19 Å². The minimum Gasteiger partial charge on any atom is -0.201 e. The van der Waals surface area contributed by atoms with Gasteiger partial charge in [0.15, 0.2) is 6.20 Å². The zero-order valence-corrected chi connectivity index (χ0v) is 18.9. The maximum absolute atomic E-state index is 2.44. The highest BCUT2D eigenvalue weighted by Gasteiger charge is 2.27. The van der Waals surface area contributed by atoms with Gasteiger partial charge in [-0.05, 0) is 41.0 Å². The summed E-state index contributed by atoms with van der Waals surface area (Å²) in [6.45, 7) is 21.0. The topological polar surface area (TPSA) is 3.88 Å². The van der Waals surface area contributed by atoms with E-state index in [0.29, 0.717) is 5.92 Å². The minimum atomic E-state index is -1.36. The van der Waals surface area contributed by atoms with Gasteiger partial charge in [-0.2, -0.15) is 0 Å². The largest absolute Gasteiger partial charge is 0.212 e. The van der Waals surface area contributed by atoms with Gasteiger partial charge in [-0.3, -0.25) is 0 Å². The Hall–Kier alpha value is -1.41. The molecule has 0 aliphatic heterocycles. The van der Waals surface area contributed by atoms with Crippen molar-refractivity contribution in [1.29, 1.82) is 0 Å². The molecule has 0 aliphatic carbocycles. The lowest BCUT2D eigenvalue weighted by atomic mass is 9.85. The van der Waals surface area contributed by atoms with Crippen molar-refractivity contribution in [3.63, 3.8) is 0 Å². The number of benzene rings is 1. The van der Waals surface area contributed by atoms with Gasteiger partial charge in [-0.1, -0.05) is 66.4 Å². The third kappa shape index (κ3) is 4.23. The van der Waals surface area contributed by atoms with Crippen LogP contribution in [-0.2, 0) is 12.5 Å². The monoisotopic (exact) mass is 354 g/mol. The average molecular weight is 355 g/mol. The lowest BCUT2D eigenvalue weighted by Gasteiger charge is -2.23. The fraction of sp³-hybridized carbons (Fsp3) is 0.522. The maximum Gasteiger partial charge on any atom is 0.212 e. The Balaban J connectivity index is 2.67. The second-order valence-corrected chi connectivity index (χ2v) is 14.9. The van der Waals surface area contributed by atoms with Crippen LogP contribution < -0.4 is 9.75 Å². The molecule has 0 spiro atoms. The van der Waals surface area contributed by atoms with Crippen molar-refractivity contribution in [2.45, 2.75) is 72.5 Å². The first-order valence-electron chi connectivity index (χ1n) is 9.48. The summed E-state index contributed by atoms with van der Waals surface area (Å²) in [7, 11) is 0.830. The van der Waals surface area contributed by atoms with Gasteiger partial charge < -0.3 is 0 Å². The molecule has 2 rings (SSSR count). The van der Waals surface area contributed by atoms with E-state index in [4.69, 9.17) is 0 Å². The Bertz CT molecular complexity index is 774. The Morgan fingerprint density at radius 2 is 1.60 bits per heavy atom. The highest BCUT2D eigenvalue weighted by molar-refractivity contribution is 6.89. The minimum absolute atomic E-state index is 0.191. The summed E-state index contributed by atoms with van der Waals surface area (Å²) in [5.74, 6) is 0.552. The average Bonchev–Trinajstić information content (AvgIpc) is 2.45. The molecule has 0 saturated carbocycles. The molecule has 0 N–H and O–H groups in total. The van der Waals surface area contributed by atoms with Gasteiger partial charge in [-0.25, -0.2) is 4.57 Å². The highest BCUT2D eigenvalue weighted by Crippen LogP contribution is 2.29. The Morgan fingerprint density at radius 1 is 1.00 bits per heavy atom. The van der Waals surface area contributed by atoms with Gasteiger partial charge in [0.1, 0.15) is 7.05 Å². The van der Waals surface area contributed by atoms with Crippen LogP contribution in [0.1, 0.15) is 57.2 Å². The molecule has 1 aromatic carbocycles. The maximum atomic E-state index is 2.44.